The van der Waals surface area contributed by atoms with Gasteiger partial charge in [0, 0.05) is 25.0 Å². The molecule has 0 spiro atoms. The van der Waals surface area contributed by atoms with Gasteiger partial charge in [-0.15, -0.1) is 0 Å². The number of carbonyl (C=O) groups excluding carboxylic acids is 1. The van der Waals surface area contributed by atoms with Gasteiger partial charge >= 0.3 is 6.09 Å². The Kier molecular flexibility index (Phi) is 3.99. The summed E-state index contributed by atoms with van der Waals surface area (Å²) >= 11 is 0. The second-order valence-electron chi connectivity index (χ2n) is 6.21. The highest BCUT2D eigenvalue weighted by molar-refractivity contribution is 5.69. The molecule has 1 aliphatic rings. The van der Waals surface area contributed by atoms with Crippen molar-refractivity contribution in [1.82, 2.24) is 4.90 Å². The highest BCUT2D eigenvalue weighted by Crippen LogP contribution is 2.28. The van der Waals surface area contributed by atoms with E-state index in [1.807, 2.05) is 26.8 Å². The average molecular weight is 280 g/mol. The van der Waals surface area contributed by atoms with Gasteiger partial charge in [-0.2, -0.15) is 0 Å². The summed E-state index contributed by atoms with van der Waals surface area (Å²) in [4.78, 5) is 13.6. The molecule has 2 N–H and O–H groups in total. The van der Waals surface area contributed by atoms with Crippen LogP contribution in [-0.2, 0) is 4.74 Å². The number of nitrogens with zero attached hydrogens (tertiary/aromatic N) is 1. The number of benzene rings is 1. The third-order valence-electron chi connectivity index (χ3n) is 3.29. The number of halogens is 1. The maximum Gasteiger partial charge on any atom is 0.410 e. The molecule has 20 heavy (non-hydrogen) atoms. The summed E-state index contributed by atoms with van der Waals surface area (Å²) in [6.07, 6.45) is -0.369. The van der Waals surface area contributed by atoms with Gasteiger partial charge in [0.1, 0.15) is 11.4 Å². The van der Waals surface area contributed by atoms with Crippen molar-refractivity contribution in [3.63, 3.8) is 0 Å². The maximum absolute atomic E-state index is 13.3. The summed E-state index contributed by atoms with van der Waals surface area (Å²) < 4.78 is 18.6. The van der Waals surface area contributed by atoms with Crippen molar-refractivity contribution in [3.05, 3.63) is 35.6 Å². The number of rotatable bonds is 1. The van der Waals surface area contributed by atoms with Crippen LogP contribution in [-0.4, -0.2) is 35.7 Å². The molecule has 1 saturated heterocycles. The number of carbonyl (C=O) groups is 1. The van der Waals surface area contributed by atoms with Crippen LogP contribution in [0.1, 0.15) is 32.3 Å². The van der Waals surface area contributed by atoms with Gasteiger partial charge in [-0.3, -0.25) is 0 Å². The number of likely N-dealkylation sites (tertiary alicyclic amines) is 1. The van der Waals surface area contributed by atoms with E-state index in [0.29, 0.717) is 13.1 Å². The zero-order valence-electron chi connectivity index (χ0n) is 12.1. The van der Waals surface area contributed by atoms with Crippen LogP contribution >= 0.6 is 0 Å². The second-order valence-corrected chi connectivity index (χ2v) is 6.21. The highest BCUT2D eigenvalue weighted by Gasteiger charge is 2.36. The van der Waals surface area contributed by atoms with Crippen LogP contribution in [0, 0.1) is 5.82 Å². The standard InChI is InChI=1S/C15H21FN2O2/c1-15(2,3)20-14(19)18-8-12(13(17)9-18)10-5-4-6-11(16)7-10/h4-7,12-13H,8-9,17H2,1-3H3/t12-,13?/m1/s1. The Hall–Kier alpha value is -1.62. The first kappa shape index (κ1) is 14.8. The molecule has 0 saturated carbocycles. The third-order valence-corrected chi connectivity index (χ3v) is 3.29. The topological polar surface area (TPSA) is 55.6 Å². The van der Waals surface area contributed by atoms with E-state index in [1.165, 1.54) is 12.1 Å². The molecular weight excluding hydrogens is 259 g/mol. The van der Waals surface area contributed by atoms with Gasteiger partial charge in [-0.25, -0.2) is 9.18 Å². The number of ether oxygens (including phenoxy) is 1. The number of amides is 1. The van der Waals surface area contributed by atoms with E-state index in [9.17, 15) is 9.18 Å². The fraction of sp³-hybridized carbons (Fsp3) is 0.533. The fourth-order valence-electron chi connectivity index (χ4n) is 2.39. The minimum Gasteiger partial charge on any atom is -0.444 e. The van der Waals surface area contributed by atoms with Gasteiger partial charge in [-0.05, 0) is 38.5 Å². The Labute approximate surface area is 118 Å². The van der Waals surface area contributed by atoms with Crippen LogP contribution in [0.15, 0.2) is 24.3 Å². The number of hydrogen-bond donors (Lipinski definition) is 1. The van der Waals surface area contributed by atoms with E-state index in [4.69, 9.17) is 10.5 Å². The molecule has 0 bridgehead atoms. The molecule has 2 atom stereocenters. The lowest BCUT2D eigenvalue weighted by Gasteiger charge is -2.24. The van der Waals surface area contributed by atoms with Gasteiger partial charge in [-0.1, -0.05) is 12.1 Å². The molecule has 1 aromatic carbocycles. The molecule has 110 valence electrons. The number of hydrogen-bond acceptors (Lipinski definition) is 3. The molecular formula is C15H21FN2O2. The highest BCUT2D eigenvalue weighted by atomic mass is 19.1. The Morgan fingerprint density at radius 3 is 2.70 bits per heavy atom. The quantitative estimate of drug-likeness (QED) is 0.860. The first-order valence-electron chi connectivity index (χ1n) is 6.75. The largest absolute Gasteiger partial charge is 0.444 e. The zero-order chi connectivity index (χ0) is 14.9. The van der Waals surface area contributed by atoms with Crippen molar-refractivity contribution in [2.45, 2.75) is 38.3 Å². The Balaban J connectivity index is 2.07. The molecule has 1 aliphatic heterocycles. The smallest absolute Gasteiger partial charge is 0.410 e. The maximum atomic E-state index is 13.3. The molecule has 0 aliphatic carbocycles. The van der Waals surface area contributed by atoms with Gasteiger partial charge in [0.2, 0.25) is 0 Å². The molecule has 1 unspecified atom stereocenters. The summed E-state index contributed by atoms with van der Waals surface area (Å²) in [5.41, 5.74) is 6.37. The van der Waals surface area contributed by atoms with Gasteiger partial charge < -0.3 is 15.4 Å². The zero-order valence-corrected chi connectivity index (χ0v) is 12.1. The monoisotopic (exact) mass is 280 g/mol. The van der Waals surface area contributed by atoms with Crippen LogP contribution in [0.3, 0.4) is 0 Å². The van der Waals surface area contributed by atoms with Crippen LogP contribution in [0.2, 0.25) is 0 Å². The Morgan fingerprint density at radius 1 is 1.40 bits per heavy atom. The first-order valence-corrected chi connectivity index (χ1v) is 6.75. The molecule has 4 nitrogen and oxygen atoms in total. The van der Waals surface area contributed by atoms with E-state index >= 15 is 0 Å². The normalized spacial score (nSPS) is 22.9. The van der Waals surface area contributed by atoms with Crippen LogP contribution in [0.25, 0.3) is 0 Å². The fourth-order valence-corrected chi connectivity index (χ4v) is 2.39. The van der Waals surface area contributed by atoms with E-state index in [2.05, 4.69) is 0 Å². The summed E-state index contributed by atoms with van der Waals surface area (Å²) in [7, 11) is 0. The summed E-state index contributed by atoms with van der Waals surface area (Å²) in [6, 6.07) is 6.17. The van der Waals surface area contributed by atoms with Crippen LogP contribution in [0.5, 0.6) is 0 Å². The minimum absolute atomic E-state index is 0.0572. The lowest BCUT2D eigenvalue weighted by molar-refractivity contribution is 0.0290. The minimum atomic E-state index is -0.530. The molecule has 1 fully saturated rings. The molecule has 0 radical (unpaired) electrons. The molecule has 0 aromatic heterocycles. The van der Waals surface area contributed by atoms with E-state index in [0.717, 1.165) is 5.56 Å². The van der Waals surface area contributed by atoms with Crippen molar-refractivity contribution in [2.75, 3.05) is 13.1 Å². The predicted molar refractivity (Wildman–Crippen MR) is 74.9 cm³/mol. The van der Waals surface area contributed by atoms with E-state index in [-0.39, 0.29) is 23.9 Å². The molecule has 2 rings (SSSR count). The second kappa shape index (κ2) is 5.40. The van der Waals surface area contributed by atoms with Crippen molar-refractivity contribution >= 4 is 6.09 Å². The van der Waals surface area contributed by atoms with Crippen LogP contribution < -0.4 is 5.73 Å². The van der Waals surface area contributed by atoms with Gasteiger partial charge in [0.25, 0.3) is 0 Å². The first-order chi connectivity index (χ1) is 9.26. The molecule has 1 amide bonds. The lowest BCUT2D eigenvalue weighted by atomic mass is 9.95. The van der Waals surface area contributed by atoms with Crippen molar-refractivity contribution in [2.24, 2.45) is 5.73 Å². The number of nitrogens with two attached hydrogens (primary N) is 1. The predicted octanol–water partition coefficient (Wildman–Crippen LogP) is 2.49. The summed E-state index contributed by atoms with van der Waals surface area (Å²) in [5, 5.41) is 0. The SMILES string of the molecule is CC(C)(C)OC(=O)N1CC(N)[C@@H](c2cccc(F)c2)C1. The van der Waals surface area contributed by atoms with Crippen molar-refractivity contribution < 1.29 is 13.9 Å². The average Bonchev–Trinajstić information content (AvgIpc) is 2.69. The van der Waals surface area contributed by atoms with Crippen molar-refractivity contribution in [1.29, 1.82) is 0 Å². The van der Waals surface area contributed by atoms with Gasteiger partial charge in [0.15, 0.2) is 0 Å². The lowest BCUT2D eigenvalue weighted by Crippen LogP contribution is -2.36. The van der Waals surface area contributed by atoms with Gasteiger partial charge in [0.05, 0.1) is 0 Å². The summed E-state index contributed by atoms with van der Waals surface area (Å²) in [6.45, 7) is 6.36. The Morgan fingerprint density at radius 2 is 2.10 bits per heavy atom. The Bertz CT molecular complexity index is 499. The van der Waals surface area contributed by atoms with E-state index in [1.54, 1.807) is 11.0 Å². The third kappa shape index (κ3) is 3.48. The van der Waals surface area contributed by atoms with E-state index < -0.39 is 5.60 Å². The molecule has 1 heterocycles. The van der Waals surface area contributed by atoms with Crippen molar-refractivity contribution in [3.8, 4) is 0 Å². The molecule has 1 aromatic rings. The molecule has 5 heteroatoms. The summed E-state index contributed by atoms with van der Waals surface area (Å²) in [5.74, 6) is -0.344. The van der Waals surface area contributed by atoms with Crippen LogP contribution in [0.4, 0.5) is 9.18 Å².